The first-order chi connectivity index (χ1) is 51.1. The summed E-state index contributed by atoms with van der Waals surface area (Å²) in [5, 5.41) is 4.49. The van der Waals surface area contributed by atoms with Gasteiger partial charge in [-0.15, -0.1) is 0 Å². The van der Waals surface area contributed by atoms with Gasteiger partial charge >= 0.3 is 0 Å². The van der Waals surface area contributed by atoms with Gasteiger partial charge in [0, 0.05) is 77.9 Å². The first kappa shape index (κ1) is 59.4. The maximum atomic E-state index is 6.58. The highest BCUT2D eigenvalue weighted by Crippen LogP contribution is 2.55. The quantitative estimate of drug-likeness (QED) is 0.108. The van der Waals surface area contributed by atoms with E-state index in [9.17, 15) is 0 Å². The van der Waals surface area contributed by atoms with Crippen LogP contribution in [-0.4, -0.2) is 15.8 Å². The van der Waals surface area contributed by atoms with Gasteiger partial charge < -0.3 is 28.4 Å². The van der Waals surface area contributed by atoms with Crippen molar-refractivity contribution in [3.8, 4) is 90.0 Å². The third kappa shape index (κ3) is 10.0. The average molecular weight is 1320 g/mol. The summed E-state index contributed by atoms with van der Waals surface area (Å²) in [5.41, 5.74) is 27.6. The van der Waals surface area contributed by atoms with Crippen molar-refractivity contribution in [3.63, 3.8) is 0 Å². The Balaban J connectivity index is 0.916. The van der Waals surface area contributed by atoms with Gasteiger partial charge in [0.1, 0.15) is 23.0 Å². The Labute approximate surface area is 597 Å². The molecule has 2 aromatic heterocycles. The van der Waals surface area contributed by atoms with Gasteiger partial charge in [-0.05, 0) is 159 Å². The van der Waals surface area contributed by atoms with E-state index in [0.717, 1.165) is 168 Å². The summed E-state index contributed by atoms with van der Waals surface area (Å²) >= 11 is 0. The van der Waals surface area contributed by atoms with Gasteiger partial charge in [-0.25, -0.2) is 0 Å². The molecule has 0 bridgehead atoms. The third-order valence-electron chi connectivity index (χ3n) is 20.8. The van der Waals surface area contributed by atoms with Crippen LogP contribution in [0.1, 0.15) is 0 Å². The molecular weight excluding hydrogens is 1250 g/mol. The van der Waals surface area contributed by atoms with E-state index in [-0.39, 0.29) is 6.71 Å². The summed E-state index contributed by atoms with van der Waals surface area (Å²) in [6.45, 7) is -0.282. The minimum Gasteiger partial charge on any atom is -0.457 e. The second-order valence-electron chi connectivity index (χ2n) is 26.6. The molecule has 2 aliphatic heterocycles. The van der Waals surface area contributed by atoms with E-state index in [1.807, 2.05) is 60.7 Å². The molecule has 16 aromatic carbocycles. The molecule has 6 nitrogen and oxygen atoms in total. The number of benzene rings is 16. The Kier molecular flexibility index (Phi) is 14.2. The van der Waals surface area contributed by atoms with Crippen molar-refractivity contribution in [1.29, 1.82) is 0 Å². The van der Waals surface area contributed by atoms with Crippen molar-refractivity contribution in [2.75, 3.05) is 9.80 Å². The molecule has 0 saturated heterocycles. The molecule has 20 rings (SSSR count). The van der Waals surface area contributed by atoms with Crippen LogP contribution in [0.4, 0.5) is 34.1 Å². The SMILES string of the molecule is c1ccc(Oc2ccc3c(c2)c2ccccc2n3-c2ccc3c(c2)N(c2c(-c4ccccc4)cccc2-c2ccccc2)c2cc(-c4ccccc4)cc4c2B3c2ccc(-n3c5ccccc5c5cc(Oc6ccccc6)ccc53)cc2N4c2c(-c3ccccc3)cccc2-c2ccccc2)cc1. The molecule has 0 radical (unpaired) electrons. The molecule has 18 aromatic rings. The summed E-state index contributed by atoms with van der Waals surface area (Å²) < 4.78 is 18.1. The van der Waals surface area contributed by atoms with Crippen LogP contribution >= 0.6 is 0 Å². The van der Waals surface area contributed by atoms with Crippen LogP contribution in [0, 0.1) is 0 Å². The van der Waals surface area contributed by atoms with Crippen LogP contribution in [-0.2, 0) is 0 Å². The Morgan fingerprint density at radius 3 is 0.922 bits per heavy atom. The van der Waals surface area contributed by atoms with Crippen molar-refractivity contribution in [3.05, 3.63) is 382 Å². The summed E-state index contributed by atoms with van der Waals surface area (Å²) in [4.78, 5) is 5.30. The lowest BCUT2D eigenvalue weighted by atomic mass is 9.33. The predicted molar refractivity (Wildman–Crippen MR) is 429 cm³/mol. The minimum atomic E-state index is -0.282. The first-order valence-corrected chi connectivity index (χ1v) is 35.2. The predicted octanol–water partition coefficient (Wildman–Crippen LogP) is 23.9. The Morgan fingerprint density at radius 2 is 0.544 bits per heavy atom. The first-order valence-electron chi connectivity index (χ1n) is 35.2. The summed E-state index contributed by atoms with van der Waals surface area (Å²) in [6.07, 6.45) is 0. The second-order valence-corrected chi connectivity index (χ2v) is 26.6. The summed E-state index contributed by atoms with van der Waals surface area (Å²) in [7, 11) is 0. The monoisotopic (exact) mass is 1310 g/mol. The van der Waals surface area contributed by atoms with Crippen LogP contribution in [0.2, 0.25) is 0 Å². The molecule has 0 saturated carbocycles. The lowest BCUT2D eigenvalue weighted by Crippen LogP contribution is -2.61. The average Bonchev–Trinajstić information content (AvgIpc) is 1.31. The zero-order valence-corrected chi connectivity index (χ0v) is 56.1. The van der Waals surface area contributed by atoms with Gasteiger partial charge in [-0.1, -0.05) is 273 Å². The molecule has 0 atom stereocenters. The van der Waals surface area contributed by atoms with Gasteiger partial charge in [-0.3, -0.25) is 0 Å². The Hall–Kier alpha value is -13.6. The lowest BCUT2D eigenvalue weighted by Gasteiger charge is -2.46. The molecule has 0 N–H and O–H groups in total. The van der Waals surface area contributed by atoms with Crippen LogP contribution in [0.15, 0.2) is 382 Å². The molecule has 0 unspecified atom stereocenters. The van der Waals surface area contributed by atoms with Gasteiger partial charge in [0.25, 0.3) is 6.71 Å². The number of nitrogens with zero attached hydrogens (tertiary/aromatic N) is 4. The standard InChI is InChI=1S/C96H63BN4O2/c1-8-28-64(29-9-1)69-58-92-94-93(59-69)101(96-78(67-34-14-4-15-35-67)46-27-47-79(96)68-36-16-5-17-37-68)91-61-71(99-87-49-25-23-43-81(87)83-63-75(53-57-89(83)99)103-73-40-20-7-21-41-73)51-55-85(91)97(94)84-54-50-70(98-86-48-24-22-42-80(86)82-62-74(52-56-88(82)98)102-72-38-18-6-19-39-72)60-90(84)100(92)95-76(65-30-10-2-11-31-65)44-26-45-77(95)66-32-12-3-13-33-66/h1-63H. The van der Waals surface area contributed by atoms with Crippen LogP contribution in [0.3, 0.4) is 0 Å². The van der Waals surface area contributed by atoms with Crippen LogP contribution < -0.4 is 35.7 Å². The van der Waals surface area contributed by atoms with E-state index in [2.05, 4.69) is 340 Å². The fraction of sp³-hybridized carbons (Fsp3) is 0. The molecule has 4 heterocycles. The molecule has 103 heavy (non-hydrogen) atoms. The number of anilines is 6. The number of rotatable bonds is 13. The fourth-order valence-electron chi connectivity index (χ4n) is 16.3. The van der Waals surface area contributed by atoms with Gasteiger partial charge in [0.2, 0.25) is 0 Å². The zero-order valence-electron chi connectivity index (χ0n) is 56.1. The molecule has 482 valence electrons. The number of hydrogen-bond donors (Lipinski definition) is 0. The van der Waals surface area contributed by atoms with Gasteiger partial charge in [0.15, 0.2) is 0 Å². The maximum absolute atomic E-state index is 6.58. The highest BCUT2D eigenvalue weighted by atomic mass is 16.5. The highest BCUT2D eigenvalue weighted by molar-refractivity contribution is 7.00. The van der Waals surface area contributed by atoms with Crippen molar-refractivity contribution in [1.82, 2.24) is 9.13 Å². The zero-order chi connectivity index (χ0) is 67.9. The van der Waals surface area contributed by atoms with E-state index in [1.54, 1.807) is 0 Å². The maximum Gasteiger partial charge on any atom is 0.252 e. The fourth-order valence-corrected chi connectivity index (χ4v) is 16.3. The van der Waals surface area contributed by atoms with Crippen molar-refractivity contribution in [2.24, 2.45) is 0 Å². The number of para-hydroxylation sites is 6. The van der Waals surface area contributed by atoms with E-state index in [4.69, 9.17) is 9.47 Å². The van der Waals surface area contributed by atoms with E-state index >= 15 is 0 Å². The van der Waals surface area contributed by atoms with Crippen molar-refractivity contribution < 1.29 is 9.47 Å². The van der Waals surface area contributed by atoms with Crippen molar-refractivity contribution in [2.45, 2.75) is 0 Å². The van der Waals surface area contributed by atoms with Gasteiger partial charge in [-0.2, -0.15) is 0 Å². The minimum absolute atomic E-state index is 0.282. The van der Waals surface area contributed by atoms with E-state index < -0.39 is 0 Å². The molecule has 0 spiro atoms. The molecule has 0 aliphatic carbocycles. The van der Waals surface area contributed by atoms with E-state index in [0.29, 0.717) is 0 Å². The van der Waals surface area contributed by atoms with Gasteiger partial charge in [0.05, 0.1) is 33.4 Å². The normalized spacial score (nSPS) is 12.2. The second kappa shape index (κ2) is 24.7. The van der Waals surface area contributed by atoms with E-state index in [1.165, 1.54) is 16.4 Å². The summed E-state index contributed by atoms with van der Waals surface area (Å²) in [5.74, 6) is 3.14. The Bertz CT molecular complexity index is 5820. The summed E-state index contributed by atoms with van der Waals surface area (Å²) in [6, 6.07) is 139. The van der Waals surface area contributed by atoms with Crippen molar-refractivity contribution >= 4 is 101 Å². The highest BCUT2D eigenvalue weighted by Gasteiger charge is 2.46. The largest absolute Gasteiger partial charge is 0.457 e. The molecule has 0 fully saturated rings. The number of aromatic nitrogens is 2. The molecule has 0 amide bonds. The number of hydrogen-bond acceptors (Lipinski definition) is 4. The third-order valence-corrected chi connectivity index (χ3v) is 20.8. The molecular formula is C96H63BN4O2. The molecule has 2 aliphatic rings. The van der Waals surface area contributed by atoms with Crippen LogP contribution in [0.5, 0.6) is 23.0 Å². The topological polar surface area (TPSA) is 34.8 Å². The van der Waals surface area contributed by atoms with Crippen LogP contribution in [0.25, 0.3) is 111 Å². The molecule has 7 heteroatoms. The Morgan fingerprint density at radius 1 is 0.214 bits per heavy atom. The number of ether oxygens (including phenoxy) is 2. The lowest BCUT2D eigenvalue weighted by molar-refractivity contribution is 0.483. The smallest absolute Gasteiger partial charge is 0.252 e. The number of fused-ring (bicyclic) bond motifs is 10.